The van der Waals surface area contributed by atoms with E-state index in [1.807, 2.05) is 90.1 Å². The molecule has 0 atom stereocenters. The number of hydrogen-bond donors (Lipinski definition) is 4. The maximum absolute atomic E-state index is 14.9. The summed E-state index contributed by atoms with van der Waals surface area (Å²) >= 11 is 0. The van der Waals surface area contributed by atoms with Crippen LogP contribution in [0.3, 0.4) is 0 Å². The smallest absolute Gasteiger partial charge is 0.422 e. The maximum atomic E-state index is 14.9. The molecule has 18 rings (SSSR count). The number of fused-ring (bicyclic) bond motifs is 40. The number of halogens is 27. The summed E-state index contributed by atoms with van der Waals surface area (Å²) in [5.41, 5.74) is -5.87. The highest BCUT2D eigenvalue weighted by Crippen LogP contribution is 2.57. The second-order valence-electron chi connectivity index (χ2n) is 36.8. The summed E-state index contributed by atoms with van der Waals surface area (Å²) in [4.78, 5) is 68.8. The molecule has 4 aliphatic rings. The van der Waals surface area contributed by atoms with E-state index in [1.165, 1.54) is 18.2 Å². The fraction of sp³-hybridized carbons (Fsp3) is 0.319. The van der Waals surface area contributed by atoms with Crippen LogP contribution in [-0.2, 0) is 16.2 Å². The number of rotatable bonds is 19. The highest BCUT2D eigenvalue weighted by Gasteiger charge is 2.45. The molecule has 0 aliphatic carbocycles. The Labute approximate surface area is 799 Å². The van der Waals surface area contributed by atoms with E-state index in [0.717, 1.165) is 22.8 Å². The monoisotopic (exact) mass is 2080 g/mol. The Kier molecular flexibility index (Phi) is 24.4. The Hall–Kier alpha value is -15.2. The van der Waals surface area contributed by atoms with Crippen molar-refractivity contribution in [2.24, 2.45) is 0 Å². The van der Waals surface area contributed by atoms with Crippen LogP contribution < -0.4 is 42.6 Å². The average molecular weight is 2080 g/mol. The number of nitrogens with one attached hydrogen (secondary N) is 4. The lowest BCUT2D eigenvalue weighted by Gasteiger charge is -2.20. The molecule has 0 fully saturated rings. The van der Waals surface area contributed by atoms with Gasteiger partial charge < -0.3 is 62.6 Å². The molecule has 146 heavy (non-hydrogen) atoms. The van der Waals surface area contributed by atoms with Gasteiger partial charge in [-0.2, -0.15) is 119 Å². The van der Waals surface area contributed by atoms with Crippen LogP contribution in [0.25, 0.3) is 190 Å². The van der Waals surface area contributed by atoms with E-state index < -0.39 is 267 Å². The maximum Gasteiger partial charge on any atom is 0.422 e. The molecule has 25 nitrogen and oxygen atoms in total. The van der Waals surface area contributed by atoms with E-state index in [-0.39, 0.29) is 74.7 Å². The highest BCUT2D eigenvalue weighted by atomic mass is 19.4. The van der Waals surface area contributed by atoms with Crippen molar-refractivity contribution in [2.75, 3.05) is 59.5 Å². The van der Waals surface area contributed by atoms with Gasteiger partial charge in [-0.1, -0.05) is 111 Å². The summed E-state index contributed by atoms with van der Waals surface area (Å²) in [5.74, 6) is -20.0. The zero-order valence-corrected chi connectivity index (χ0v) is 76.0. The first-order valence-corrected chi connectivity index (χ1v) is 43.0. The summed E-state index contributed by atoms with van der Waals surface area (Å²) in [7, 11) is 0. The summed E-state index contributed by atoms with van der Waals surface area (Å²) in [6.07, 6.45) is -50.5. The Morgan fingerprint density at radius 2 is 0.438 bits per heavy atom. The van der Waals surface area contributed by atoms with Crippen LogP contribution in [0.15, 0.2) is 109 Å². The average Bonchev–Trinajstić information content (AvgIpc) is 1.56. The van der Waals surface area contributed by atoms with Crippen molar-refractivity contribution in [2.45, 2.75) is 134 Å². The highest BCUT2D eigenvalue weighted by molar-refractivity contribution is 6.14. The van der Waals surface area contributed by atoms with Gasteiger partial charge in [0.05, 0.1) is 33.0 Å². The van der Waals surface area contributed by atoms with E-state index in [9.17, 15) is 119 Å². The number of benzene rings is 8. The van der Waals surface area contributed by atoms with Crippen molar-refractivity contribution >= 4 is 88.3 Å². The first kappa shape index (κ1) is 101. The summed E-state index contributed by atoms with van der Waals surface area (Å²) < 4.78 is 442. The van der Waals surface area contributed by atoms with Crippen LogP contribution in [0, 0.1) is 0 Å². The molecule has 0 saturated heterocycles. The topological polar surface area (TPSA) is 301 Å². The van der Waals surface area contributed by atoms with E-state index in [2.05, 4.69) is 70.6 Å². The molecule has 0 radical (unpaired) electrons. The van der Waals surface area contributed by atoms with Gasteiger partial charge in [0.25, 0.3) is 0 Å². The number of nitrogens with zero attached hydrogens (tertiary/aromatic N) is 12. The van der Waals surface area contributed by atoms with Gasteiger partial charge in [-0.15, -0.1) is 0 Å². The quantitative estimate of drug-likeness (QED) is 0.0547. The lowest BCUT2D eigenvalue weighted by molar-refractivity contribution is -0.158. The third-order valence-corrected chi connectivity index (χ3v) is 22.5. The molecule has 6 aromatic heterocycles. The Morgan fingerprint density at radius 1 is 0.199 bits per heavy atom. The van der Waals surface area contributed by atoms with Crippen LogP contribution in [0.4, 0.5) is 119 Å². The first-order chi connectivity index (χ1) is 67.7. The Morgan fingerprint density at radius 3 is 0.788 bits per heavy atom. The molecule has 14 aromatic rings. The molecule has 766 valence electrons. The van der Waals surface area contributed by atoms with Crippen LogP contribution in [0.1, 0.15) is 79.0 Å². The van der Waals surface area contributed by atoms with Gasteiger partial charge in [-0.05, 0) is 86.5 Å². The third kappa shape index (κ3) is 21.4. The largest absolute Gasteiger partial charge is 0.483 e. The number of ether oxygens (including phenoxy) is 9. The Balaban J connectivity index is 0.995. The first-order valence-electron chi connectivity index (χ1n) is 43.0. The van der Waals surface area contributed by atoms with Crippen LogP contribution in [-0.4, -0.2) is 195 Å². The third-order valence-electron chi connectivity index (χ3n) is 22.5. The zero-order valence-electron chi connectivity index (χ0n) is 76.0. The fourth-order valence-corrected chi connectivity index (χ4v) is 16.2. The summed E-state index contributed by atoms with van der Waals surface area (Å²) in [5, 5.41) is -2.08. The van der Waals surface area contributed by atoms with Gasteiger partial charge in [0.1, 0.15) is 62.4 Å². The summed E-state index contributed by atoms with van der Waals surface area (Å²) in [6.45, 7) is -5.51. The van der Waals surface area contributed by atoms with E-state index in [1.54, 1.807) is 18.2 Å². The summed E-state index contributed by atoms with van der Waals surface area (Å²) in [6, 6.07) is 25.6. The van der Waals surface area contributed by atoms with Gasteiger partial charge in [0.2, 0.25) is 0 Å². The van der Waals surface area contributed by atoms with Crippen molar-refractivity contribution in [1.29, 1.82) is 0 Å². The molecule has 0 unspecified atom stereocenters. The van der Waals surface area contributed by atoms with Crippen molar-refractivity contribution in [1.82, 2.24) is 79.7 Å². The molecule has 0 saturated carbocycles. The van der Waals surface area contributed by atoms with Gasteiger partial charge >= 0.3 is 55.6 Å². The van der Waals surface area contributed by atoms with E-state index in [4.69, 9.17) is 72.5 Å². The normalized spacial score (nSPS) is 13.5. The van der Waals surface area contributed by atoms with Crippen molar-refractivity contribution in [3.05, 3.63) is 126 Å². The molecule has 10 heterocycles. The van der Waals surface area contributed by atoms with Crippen LogP contribution in [0.2, 0.25) is 0 Å². The van der Waals surface area contributed by atoms with Crippen molar-refractivity contribution in [3.8, 4) is 154 Å². The molecular formula is C94H67F27N16O9. The molecular weight excluding hydrogens is 2010 g/mol. The minimum Gasteiger partial charge on any atom is -0.483 e. The molecule has 0 amide bonds. The van der Waals surface area contributed by atoms with Gasteiger partial charge in [0.15, 0.2) is 141 Å². The molecule has 52 heteroatoms. The lowest BCUT2D eigenvalue weighted by atomic mass is 9.85. The number of aromatic nitrogens is 16. The zero-order chi connectivity index (χ0) is 105. The predicted molar refractivity (Wildman–Crippen MR) is 471 cm³/mol. The number of alkyl halides is 27. The molecule has 16 bridgehead atoms. The van der Waals surface area contributed by atoms with Gasteiger partial charge in [-0.25, -0.2) is 59.8 Å². The minimum absolute atomic E-state index is 0.0159. The Bertz CT molecular complexity index is 8020. The predicted octanol–water partition coefficient (Wildman–Crippen LogP) is 26.1. The van der Waals surface area contributed by atoms with Crippen molar-refractivity contribution < 1.29 is 161 Å². The molecule has 4 aliphatic heterocycles. The number of H-pyrrole nitrogens is 4. The second kappa shape index (κ2) is 35.3. The molecule has 8 aromatic carbocycles. The SMILES string of the molecule is CC(C)(C)c1ccc2c(c1)-c1nc-2nc2[nH]c(nc3nc(nc4[nH]c(n1)c1ccc(-c5ccc6c7nc8nc(nc9[nH]c(nc%10nc(nc([nH]7)c6c5)-c5c(OCC(F)(F)F)cc(OCC(F)(F)F)c(OCC(F)(F)F)c5-%10)c5c(OCC(F)(F)F)cc(OCC(F)(F)F)c(OCC(F)(F)F)c95)-c5c(OCC(F)(F)F)cc(OCC(F)(F)F)c(OCC(F)(F)F)c5-8)cc41)-c1ccc(C(C)(C)C)cc1-3)c1ccc(C(C)(C)C)cc21. The standard InChI is InChI=1S/C94H67F27N16O9/c1-83(2,3)39-12-17-44-49(22-39)75-125-68(44)123-72-47-20-37(10-15-42(47)67(122-72)124-74-50-23-40(84(4,5)6)13-18-45(50)69(126-74)128-76-51-24-41(85(7,8)9)14-19-46(51)70(127-75)129-76)38-11-16-43-48(21-38)73-130-71(43)131-80-61-59(53(139-29-87(98,99)100)26-55(141-31-89(104,105)106)64(61)144-34-92(113,114)115)78(134-80)135-82-63-60(54(140-30-88(101,102)103)27-57(143-33-91(110,111)112)66(63)146-36-94(119,120)121)79(137-82)136-81-62-58(77(132-73)133-81)52(138-28-86(95,96)97)25-56(142-32-90(107,108)109)65(62)145-35-93(116,117)118/h10-27H,28-36H2,1-9H3,(H2,122,123,124,125,126,127,128,129)(H2,130,131,132,133,134,135,136,137). The van der Waals surface area contributed by atoms with Gasteiger partial charge in [0, 0.05) is 72.8 Å². The van der Waals surface area contributed by atoms with E-state index in [0.29, 0.717) is 49.7 Å². The van der Waals surface area contributed by atoms with E-state index >= 15 is 0 Å². The minimum atomic E-state index is -5.70. The fourth-order valence-electron chi connectivity index (χ4n) is 16.2. The molecule has 0 spiro atoms. The van der Waals surface area contributed by atoms with Crippen LogP contribution in [0.5, 0.6) is 51.7 Å². The molecule has 4 N–H and O–H groups in total. The van der Waals surface area contributed by atoms with Gasteiger partial charge in [-0.3, -0.25) is 0 Å². The second-order valence-corrected chi connectivity index (χ2v) is 36.8. The van der Waals surface area contributed by atoms with Crippen LogP contribution >= 0.6 is 0 Å². The van der Waals surface area contributed by atoms with Crippen molar-refractivity contribution in [3.63, 3.8) is 0 Å². The number of aromatic amines is 4. The lowest BCUT2D eigenvalue weighted by Crippen LogP contribution is -2.22. The number of hydrogen-bond acceptors (Lipinski definition) is 21.